The van der Waals surface area contributed by atoms with E-state index < -0.39 is 0 Å². The molecule has 0 radical (unpaired) electrons. The Labute approximate surface area is 80.0 Å². The molecule has 0 bridgehead atoms. The summed E-state index contributed by atoms with van der Waals surface area (Å²) >= 11 is 0. The normalized spacial score (nSPS) is 15.5. The summed E-state index contributed by atoms with van der Waals surface area (Å²) < 4.78 is 0. The third kappa shape index (κ3) is 2.95. The zero-order valence-corrected chi connectivity index (χ0v) is 8.38. The number of hydrogen-bond donors (Lipinski definition) is 2. The monoisotopic (exact) mass is 182 g/mol. The molecular formula is C10H18N2O. The van der Waals surface area contributed by atoms with E-state index in [9.17, 15) is 5.21 Å². The number of nitrogens with one attached hydrogen (secondary N) is 1. The van der Waals surface area contributed by atoms with Crippen molar-refractivity contribution in [1.29, 1.82) is 0 Å². The minimum absolute atomic E-state index is 0.582. The van der Waals surface area contributed by atoms with Gasteiger partial charge < -0.3 is 5.32 Å². The predicted molar refractivity (Wildman–Crippen MR) is 55.3 cm³/mol. The lowest BCUT2D eigenvalue weighted by molar-refractivity contribution is -0.0552. The van der Waals surface area contributed by atoms with Crippen LogP contribution in [0.25, 0.3) is 0 Å². The van der Waals surface area contributed by atoms with Gasteiger partial charge in [0.05, 0.1) is 17.9 Å². The van der Waals surface area contributed by atoms with E-state index in [-0.39, 0.29) is 0 Å². The van der Waals surface area contributed by atoms with Gasteiger partial charge in [0.1, 0.15) is 0 Å². The molecule has 0 fully saturated rings. The van der Waals surface area contributed by atoms with Crippen molar-refractivity contribution >= 4 is 0 Å². The Hall–Kier alpha value is -1.22. The minimum atomic E-state index is 0.582. The fraction of sp³-hybridized carbons (Fsp3) is 0.400. The molecule has 1 rings (SSSR count). The average molecular weight is 182 g/mol. The second-order valence-corrected chi connectivity index (χ2v) is 2.26. The molecule has 13 heavy (non-hydrogen) atoms. The van der Waals surface area contributed by atoms with E-state index in [1.165, 1.54) is 5.06 Å². The van der Waals surface area contributed by atoms with Crippen LogP contribution in [0.15, 0.2) is 36.7 Å². The lowest BCUT2D eigenvalue weighted by Gasteiger charge is -2.26. The van der Waals surface area contributed by atoms with Crippen molar-refractivity contribution in [1.82, 2.24) is 10.4 Å². The fourth-order valence-corrected chi connectivity index (χ4v) is 1.04. The molecular weight excluding hydrogens is 164 g/mol. The van der Waals surface area contributed by atoms with E-state index in [4.69, 9.17) is 0 Å². The van der Waals surface area contributed by atoms with E-state index in [1.807, 2.05) is 13.8 Å². The molecule has 2 N–H and O–H groups in total. The highest BCUT2D eigenvalue weighted by Crippen LogP contribution is 2.11. The van der Waals surface area contributed by atoms with Gasteiger partial charge >= 0.3 is 0 Å². The summed E-state index contributed by atoms with van der Waals surface area (Å²) in [6.07, 6.45) is 3.27. The molecule has 3 heteroatoms. The van der Waals surface area contributed by atoms with Crippen molar-refractivity contribution in [2.24, 2.45) is 0 Å². The van der Waals surface area contributed by atoms with Gasteiger partial charge in [0.2, 0.25) is 0 Å². The van der Waals surface area contributed by atoms with Gasteiger partial charge in [-0.05, 0) is 12.2 Å². The first-order valence-corrected chi connectivity index (χ1v) is 4.49. The summed E-state index contributed by atoms with van der Waals surface area (Å²) in [6.45, 7) is 12.5. The Bertz CT molecular complexity index is 209. The van der Waals surface area contributed by atoms with Crippen LogP contribution in [0.2, 0.25) is 0 Å². The first kappa shape index (κ1) is 11.8. The maximum Gasteiger partial charge on any atom is 0.0860 e. The number of hydrogen-bond acceptors (Lipinski definition) is 3. The molecule has 0 atom stereocenters. The van der Waals surface area contributed by atoms with Crippen LogP contribution in [-0.4, -0.2) is 23.4 Å². The summed E-state index contributed by atoms with van der Waals surface area (Å²) in [6, 6.07) is 0. The quantitative estimate of drug-likeness (QED) is 0.684. The number of hydroxylamine groups is 2. The zero-order chi connectivity index (χ0) is 10.3. The molecule has 0 saturated heterocycles. The van der Waals surface area contributed by atoms with Crippen molar-refractivity contribution in [2.45, 2.75) is 13.8 Å². The number of allylic oxidation sites excluding steroid dienone is 2. The van der Waals surface area contributed by atoms with Crippen molar-refractivity contribution in [2.75, 3.05) is 13.1 Å². The zero-order valence-electron chi connectivity index (χ0n) is 8.38. The molecule has 0 aromatic carbocycles. The first-order valence-electron chi connectivity index (χ1n) is 4.49. The lowest BCUT2D eigenvalue weighted by atomic mass is 10.2. The van der Waals surface area contributed by atoms with Crippen LogP contribution in [0.3, 0.4) is 0 Å². The van der Waals surface area contributed by atoms with Gasteiger partial charge in [-0.15, -0.1) is 0 Å². The summed E-state index contributed by atoms with van der Waals surface area (Å²) in [5.74, 6) is 0. The summed E-state index contributed by atoms with van der Waals surface area (Å²) in [4.78, 5) is 0. The predicted octanol–water partition coefficient (Wildman–Crippen LogP) is 1.89. The molecule has 0 saturated carbocycles. The van der Waals surface area contributed by atoms with Crippen molar-refractivity contribution in [3.05, 3.63) is 36.7 Å². The van der Waals surface area contributed by atoms with Gasteiger partial charge in [0.15, 0.2) is 0 Å². The first-order chi connectivity index (χ1) is 6.29. The highest BCUT2D eigenvalue weighted by atomic mass is 16.5. The molecule has 0 aliphatic carbocycles. The Morgan fingerprint density at radius 3 is 2.38 bits per heavy atom. The average Bonchev–Trinajstić information content (AvgIpc) is 2.20. The van der Waals surface area contributed by atoms with Crippen LogP contribution in [0.4, 0.5) is 0 Å². The van der Waals surface area contributed by atoms with Gasteiger partial charge in [-0.2, -0.15) is 0 Å². The third-order valence-corrected chi connectivity index (χ3v) is 1.59. The standard InChI is InChI=1S/C8H12N2O.C2H6/c1-3-7-8(4-2)10(11)6-5-9-7;1-2/h3-4,9,11H,1-2,5-6H2;1-2H3. The highest BCUT2D eigenvalue weighted by molar-refractivity contribution is 5.29. The lowest BCUT2D eigenvalue weighted by Crippen LogP contribution is -2.35. The fourth-order valence-electron chi connectivity index (χ4n) is 1.04. The SMILES string of the molecule is C=CC1=C(C=C)N(O)CCN1.CC. The molecule has 3 nitrogen and oxygen atoms in total. The topological polar surface area (TPSA) is 35.5 Å². The number of rotatable bonds is 2. The van der Waals surface area contributed by atoms with E-state index in [0.29, 0.717) is 12.2 Å². The molecule has 74 valence electrons. The van der Waals surface area contributed by atoms with Crippen LogP contribution >= 0.6 is 0 Å². The molecule has 0 aromatic rings. The molecule has 1 heterocycles. The Morgan fingerprint density at radius 1 is 1.38 bits per heavy atom. The maximum absolute atomic E-state index is 9.29. The van der Waals surface area contributed by atoms with Crippen LogP contribution < -0.4 is 5.32 Å². The molecule has 0 amide bonds. The summed E-state index contributed by atoms with van der Waals surface area (Å²) in [5, 5.41) is 13.5. The van der Waals surface area contributed by atoms with E-state index in [2.05, 4.69) is 18.5 Å². The highest BCUT2D eigenvalue weighted by Gasteiger charge is 2.12. The Morgan fingerprint density at radius 2 is 2.00 bits per heavy atom. The van der Waals surface area contributed by atoms with Crippen LogP contribution in [0.1, 0.15) is 13.8 Å². The largest absolute Gasteiger partial charge is 0.381 e. The van der Waals surface area contributed by atoms with Gasteiger partial charge in [0.25, 0.3) is 0 Å². The minimum Gasteiger partial charge on any atom is -0.381 e. The van der Waals surface area contributed by atoms with E-state index in [0.717, 1.165) is 12.2 Å². The molecule has 0 unspecified atom stereocenters. The van der Waals surface area contributed by atoms with E-state index >= 15 is 0 Å². The smallest absolute Gasteiger partial charge is 0.0860 e. The van der Waals surface area contributed by atoms with Crippen LogP contribution in [-0.2, 0) is 0 Å². The Kier molecular flexibility index (Phi) is 5.72. The maximum atomic E-state index is 9.29. The van der Waals surface area contributed by atoms with Gasteiger partial charge in [-0.25, -0.2) is 0 Å². The second kappa shape index (κ2) is 6.31. The third-order valence-electron chi connectivity index (χ3n) is 1.59. The molecule has 1 aliphatic rings. The Balaban J connectivity index is 0.000000671. The van der Waals surface area contributed by atoms with Crippen molar-refractivity contribution in [3.63, 3.8) is 0 Å². The van der Waals surface area contributed by atoms with E-state index in [1.54, 1.807) is 12.2 Å². The van der Waals surface area contributed by atoms with Crippen molar-refractivity contribution < 1.29 is 5.21 Å². The molecule has 1 aliphatic heterocycles. The molecule has 0 spiro atoms. The second-order valence-electron chi connectivity index (χ2n) is 2.26. The summed E-state index contributed by atoms with van der Waals surface area (Å²) in [7, 11) is 0. The van der Waals surface area contributed by atoms with Gasteiger partial charge in [-0.1, -0.05) is 27.0 Å². The van der Waals surface area contributed by atoms with Crippen molar-refractivity contribution in [3.8, 4) is 0 Å². The van der Waals surface area contributed by atoms with Gasteiger partial charge in [0, 0.05) is 6.54 Å². The van der Waals surface area contributed by atoms with Gasteiger partial charge in [-0.3, -0.25) is 10.3 Å². The van der Waals surface area contributed by atoms with Crippen LogP contribution in [0, 0.1) is 0 Å². The summed E-state index contributed by atoms with van der Waals surface area (Å²) in [5.41, 5.74) is 1.51. The number of nitrogens with zero attached hydrogens (tertiary/aromatic N) is 1. The molecule has 0 aromatic heterocycles. The van der Waals surface area contributed by atoms with Crippen LogP contribution in [0.5, 0.6) is 0 Å².